The van der Waals surface area contributed by atoms with Gasteiger partial charge in [-0.15, -0.1) is 0 Å². The van der Waals surface area contributed by atoms with Crippen molar-refractivity contribution in [2.75, 3.05) is 38.0 Å². The normalized spacial score (nSPS) is 13.2. The number of likely N-dealkylation sites (N-methyl/N-ethyl adjacent to an activating group) is 1. The second-order valence-electron chi connectivity index (χ2n) is 4.83. The molecule has 1 aliphatic heterocycles. The lowest BCUT2D eigenvalue weighted by Crippen LogP contribution is -2.34. The number of fused-ring (bicyclic) bond motifs is 1. The average molecular weight is 261 g/mol. The number of nitrogens with one attached hydrogen (secondary N) is 2. The Balaban J connectivity index is 1.86. The first-order chi connectivity index (χ1) is 9.24. The van der Waals surface area contributed by atoms with Crippen LogP contribution in [0.15, 0.2) is 18.2 Å². The van der Waals surface area contributed by atoms with Crippen LogP contribution in [0.4, 0.5) is 5.69 Å². The zero-order valence-corrected chi connectivity index (χ0v) is 11.8. The molecule has 0 aromatic heterocycles. The molecule has 104 valence electrons. The van der Waals surface area contributed by atoms with E-state index in [4.69, 9.17) is 0 Å². The highest BCUT2D eigenvalue weighted by atomic mass is 16.1. The monoisotopic (exact) mass is 261 g/mol. The number of carbonyl (C=O) groups is 1. The first-order valence-electron chi connectivity index (χ1n) is 7.12. The maximum absolute atomic E-state index is 12.1. The number of hydrogen-bond donors (Lipinski definition) is 2. The highest BCUT2D eigenvalue weighted by molar-refractivity contribution is 5.95. The number of carbonyl (C=O) groups excluding carboxylic acids is 1. The molecule has 0 bridgehead atoms. The number of nitrogens with zero attached hydrogens (tertiary/aromatic N) is 1. The molecule has 2 N–H and O–H groups in total. The molecule has 4 nitrogen and oxygen atoms in total. The fraction of sp³-hybridized carbons (Fsp3) is 0.533. The van der Waals surface area contributed by atoms with E-state index in [-0.39, 0.29) is 5.91 Å². The third kappa shape index (κ3) is 3.47. The smallest absolute Gasteiger partial charge is 0.251 e. The second kappa shape index (κ2) is 6.57. The third-order valence-electron chi connectivity index (χ3n) is 3.69. The molecular formula is C15H23N3O. The Morgan fingerprint density at radius 2 is 2.16 bits per heavy atom. The number of rotatable bonds is 6. The molecule has 4 heteroatoms. The van der Waals surface area contributed by atoms with Gasteiger partial charge in [-0.3, -0.25) is 4.79 Å². The van der Waals surface area contributed by atoms with Crippen molar-refractivity contribution in [3.05, 3.63) is 29.3 Å². The minimum Gasteiger partial charge on any atom is -0.384 e. The lowest BCUT2D eigenvalue weighted by molar-refractivity contribution is 0.0949. The van der Waals surface area contributed by atoms with Crippen molar-refractivity contribution < 1.29 is 4.79 Å². The highest BCUT2D eigenvalue weighted by Crippen LogP contribution is 2.22. The molecule has 1 aliphatic rings. The maximum Gasteiger partial charge on any atom is 0.251 e. The van der Waals surface area contributed by atoms with Crippen LogP contribution in [0.3, 0.4) is 0 Å². The van der Waals surface area contributed by atoms with Crippen LogP contribution in [0.5, 0.6) is 0 Å². The molecule has 0 saturated heterocycles. The van der Waals surface area contributed by atoms with Gasteiger partial charge in [-0.25, -0.2) is 0 Å². The lowest BCUT2D eigenvalue weighted by Gasteiger charge is -2.18. The number of benzene rings is 1. The van der Waals surface area contributed by atoms with Crippen molar-refractivity contribution in [2.45, 2.75) is 20.3 Å². The van der Waals surface area contributed by atoms with Crippen molar-refractivity contribution in [1.29, 1.82) is 0 Å². The molecule has 1 amide bonds. The molecule has 1 heterocycles. The first-order valence-corrected chi connectivity index (χ1v) is 7.12. The zero-order valence-electron chi connectivity index (χ0n) is 11.8. The lowest BCUT2D eigenvalue weighted by atomic mass is 10.1. The van der Waals surface area contributed by atoms with E-state index in [0.29, 0.717) is 6.54 Å². The van der Waals surface area contributed by atoms with Gasteiger partial charge < -0.3 is 15.5 Å². The quantitative estimate of drug-likeness (QED) is 0.819. The molecule has 0 radical (unpaired) electrons. The Hall–Kier alpha value is -1.55. The van der Waals surface area contributed by atoms with Gasteiger partial charge in [0, 0.05) is 30.9 Å². The number of hydrogen-bond acceptors (Lipinski definition) is 3. The van der Waals surface area contributed by atoms with Gasteiger partial charge in [0.05, 0.1) is 0 Å². The van der Waals surface area contributed by atoms with Crippen LogP contribution in [-0.4, -0.2) is 43.5 Å². The Kier molecular flexibility index (Phi) is 4.80. The molecule has 0 spiro atoms. The predicted molar refractivity (Wildman–Crippen MR) is 78.8 cm³/mol. The van der Waals surface area contributed by atoms with Crippen LogP contribution < -0.4 is 10.6 Å². The van der Waals surface area contributed by atoms with E-state index in [1.54, 1.807) is 0 Å². The third-order valence-corrected chi connectivity index (χ3v) is 3.69. The molecule has 0 saturated carbocycles. The minimum atomic E-state index is 0.0295. The van der Waals surface area contributed by atoms with E-state index < -0.39 is 0 Å². The van der Waals surface area contributed by atoms with E-state index in [2.05, 4.69) is 29.4 Å². The highest BCUT2D eigenvalue weighted by Gasteiger charge is 2.13. The van der Waals surface area contributed by atoms with Gasteiger partial charge in [-0.2, -0.15) is 0 Å². The second-order valence-corrected chi connectivity index (χ2v) is 4.83. The van der Waals surface area contributed by atoms with Gasteiger partial charge in [0.15, 0.2) is 0 Å². The van der Waals surface area contributed by atoms with Gasteiger partial charge in [-0.1, -0.05) is 13.8 Å². The molecule has 0 aliphatic carbocycles. The molecule has 0 fully saturated rings. The summed E-state index contributed by atoms with van der Waals surface area (Å²) in [4.78, 5) is 14.4. The Labute approximate surface area is 115 Å². The fourth-order valence-electron chi connectivity index (χ4n) is 2.42. The van der Waals surface area contributed by atoms with E-state index in [0.717, 1.165) is 38.2 Å². The Bertz CT molecular complexity index is 441. The molecule has 0 atom stereocenters. The molecule has 19 heavy (non-hydrogen) atoms. The Morgan fingerprint density at radius 3 is 2.89 bits per heavy atom. The summed E-state index contributed by atoms with van der Waals surface area (Å²) >= 11 is 0. The number of anilines is 1. The van der Waals surface area contributed by atoms with Crippen LogP contribution in [-0.2, 0) is 6.42 Å². The summed E-state index contributed by atoms with van der Waals surface area (Å²) in [5, 5.41) is 6.29. The van der Waals surface area contributed by atoms with Crippen molar-refractivity contribution >= 4 is 11.6 Å². The molecule has 0 unspecified atom stereocenters. The van der Waals surface area contributed by atoms with Crippen molar-refractivity contribution in [1.82, 2.24) is 10.2 Å². The van der Waals surface area contributed by atoms with Gasteiger partial charge >= 0.3 is 0 Å². The van der Waals surface area contributed by atoms with Crippen LogP contribution in [0.2, 0.25) is 0 Å². The Morgan fingerprint density at radius 1 is 1.37 bits per heavy atom. The van der Waals surface area contributed by atoms with Crippen molar-refractivity contribution in [2.24, 2.45) is 0 Å². The summed E-state index contributed by atoms with van der Waals surface area (Å²) in [7, 11) is 0. The fourth-order valence-corrected chi connectivity index (χ4v) is 2.42. The average Bonchev–Trinajstić information content (AvgIpc) is 2.90. The van der Waals surface area contributed by atoms with Gasteiger partial charge in [0.1, 0.15) is 0 Å². The molecular weight excluding hydrogens is 238 g/mol. The summed E-state index contributed by atoms with van der Waals surface area (Å²) in [5.41, 5.74) is 3.18. The van der Waals surface area contributed by atoms with E-state index in [1.165, 1.54) is 11.3 Å². The van der Waals surface area contributed by atoms with Crippen molar-refractivity contribution in [3.63, 3.8) is 0 Å². The molecule has 1 aromatic rings. The summed E-state index contributed by atoms with van der Waals surface area (Å²) in [6, 6.07) is 5.90. The standard InChI is InChI=1S/C15H23N3O/c1-3-18(4-2)10-9-17-15(19)13-5-6-14-12(11-13)7-8-16-14/h5-6,11,16H,3-4,7-10H2,1-2H3,(H,17,19). The first kappa shape index (κ1) is 13.9. The summed E-state index contributed by atoms with van der Waals surface area (Å²) in [5.74, 6) is 0.0295. The summed E-state index contributed by atoms with van der Waals surface area (Å²) in [6.07, 6.45) is 1.01. The topological polar surface area (TPSA) is 44.4 Å². The molecule has 1 aromatic carbocycles. The predicted octanol–water partition coefficient (Wildman–Crippen LogP) is 1.73. The van der Waals surface area contributed by atoms with Crippen LogP contribution in [0.25, 0.3) is 0 Å². The minimum absolute atomic E-state index is 0.0295. The van der Waals surface area contributed by atoms with E-state index in [1.807, 2.05) is 18.2 Å². The maximum atomic E-state index is 12.1. The van der Waals surface area contributed by atoms with Crippen LogP contribution in [0, 0.1) is 0 Å². The SMILES string of the molecule is CCN(CC)CCNC(=O)c1ccc2c(c1)CCN2. The van der Waals surface area contributed by atoms with Gasteiger partial charge in [0.25, 0.3) is 5.91 Å². The summed E-state index contributed by atoms with van der Waals surface area (Å²) < 4.78 is 0. The van der Waals surface area contributed by atoms with Crippen LogP contribution in [0.1, 0.15) is 29.8 Å². The van der Waals surface area contributed by atoms with E-state index in [9.17, 15) is 4.79 Å². The van der Waals surface area contributed by atoms with Gasteiger partial charge in [0.2, 0.25) is 0 Å². The molecule has 2 rings (SSSR count). The largest absolute Gasteiger partial charge is 0.384 e. The number of amides is 1. The van der Waals surface area contributed by atoms with Crippen molar-refractivity contribution in [3.8, 4) is 0 Å². The van der Waals surface area contributed by atoms with Crippen LogP contribution >= 0.6 is 0 Å². The summed E-state index contributed by atoms with van der Waals surface area (Å²) in [6.45, 7) is 8.91. The van der Waals surface area contributed by atoms with Gasteiger partial charge in [-0.05, 0) is 43.3 Å². The zero-order chi connectivity index (χ0) is 13.7. The van der Waals surface area contributed by atoms with E-state index >= 15 is 0 Å².